The number of aromatic nitrogens is 1. The van der Waals surface area contributed by atoms with Gasteiger partial charge in [-0.25, -0.2) is 0 Å². The summed E-state index contributed by atoms with van der Waals surface area (Å²) in [5.74, 6) is 0.639. The van der Waals surface area contributed by atoms with Crippen LogP contribution in [0.4, 0.5) is 0 Å². The van der Waals surface area contributed by atoms with Gasteiger partial charge in [-0.05, 0) is 36.2 Å². The number of amides is 1. The number of carbonyl (C=O) groups excluding carboxylic acids is 1. The topological polar surface area (TPSA) is 63.7 Å². The molecule has 4 rings (SSSR count). The molecule has 1 aromatic heterocycles. The predicted octanol–water partition coefficient (Wildman–Crippen LogP) is 3.31. The van der Waals surface area contributed by atoms with E-state index in [1.54, 1.807) is 7.11 Å². The summed E-state index contributed by atoms with van der Waals surface area (Å²) in [6.45, 7) is 6.75. The number of nitrogens with one attached hydrogen (secondary N) is 1. The Morgan fingerprint density at radius 2 is 1.93 bits per heavy atom. The zero-order valence-corrected chi connectivity index (χ0v) is 17.5. The molecule has 0 radical (unpaired) electrons. The molecule has 1 saturated heterocycles. The third-order valence-electron chi connectivity index (χ3n) is 5.41. The SMILES string of the molecule is COc1ccc2cc(C(=O)NCc3cccc(CN4CCOCC4)c3)c(C)nc2c1. The maximum Gasteiger partial charge on any atom is 0.253 e. The summed E-state index contributed by atoms with van der Waals surface area (Å²) in [4.78, 5) is 19.8. The van der Waals surface area contributed by atoms with E-state index >= 15 is 0 Å². The van der Waals surface area contributed by atoms with Gasteiger partial charge >= 0.3 is 0 Å². The lowest BCUT2D eigenvalue weighted by atomic mass is 10.1. The van der Waals surface area contributed by atoms with Gasteiger partial charge in [-0.3, -0.25) is 14.7 Å². The van der Waals surface area contributed by atoms with E-state index in [1.165, 1.54) is 5.56 Å². The van der Waals surface area contributed by atoms with Gasteiger partial charge in [-0.1, -0.05) is 24.3 Å². The normalized spacial score (nSPS) is 14.6. The van der Waals surface area contributed by atoms with Crippen LogP contribution in [0.25, 0.3) is 10.9 Å². The number of hydrogen-bond donors (Lipinski definition) is 1. The van der Waals surface area contributed by atoms with Crippen LogP contribution in [-0.2, 0) is 17.8 Å². The molecule has 0 spiro atoms. The Bertz CT molecular complexity index is 1050. The van der Waals surface area contributed by atoms with E-state index < -0.39 is 0 Å². The quantitative estimate of drug-likeness (QED) is 0.682. The van der Waals surface area contributed by atoms with Crippen LogP contribution in [-0.4, -0.2) is 49.2 Å². The zero-order valence-electron chi connectivity index (χ0n) is 17.5. The lowest BCUT2D eigenvalue weighted by Crippen LogP contribution is -2.35. The Labute approximate surface area is 176 Å². The smallest absolute Gasteiger partial charge is 0.253 e. The summed E-state index contributed by atoms with van der Waals surface area (Å²) in [5, 5.41) is 3.95. The fourth-order valence-electron chi connectivity index (χ4n) is 3.73. The van der Waals surface area contributed by atoms with Crippen molar-refractivity contribution < 1.29 is 14.3 Å². The molecule has 1 amide bonds. The monoisotopic (exact) mass is 405 g/mol. The molecule has 1 aliphatic rings. The van der Waals surface area contributed by atoms with Gasteiger partial charge in [0.15, 0.2) is 0 Å². The van der Waals surface area contributed by atoms with Crippen LogP contribution in [0.5, 0.6) is 5.75 Å². The molecule has 2 heterocycles. The Kier molecular flexibility index (Phi) is 6.26. The zero-order chi connectivity index (χ0) is 20.9. The first kappa shape index (κ1) is 20.3. The summed E-state index contributed by atoms with van der Waals surface area (Å²) in [6.07, 6.45) is 0. The third-order valence-corrected chi connectivity index (χ3v) is 5.41. The Morgan fingerprint density at radius 3 is 2.73 bits per heavy atom. The predicted molar refractivity (Wildman–Crippen MR) is 117 cm³/mol. The Balaban J connectivity index is 1.43. The summed E-state index contributed by atoms with van der Waals surface area (Å²) >= 11 is 0. The van der Waals surface area contributed by atoms with Crippen LogP contribution in [0.2, 0.25) is 0 Å². The second-order valence-corrected chi connectivity index (χ2v) is 7.57. The summed E-state index contributed by atoms with van der Waals surface area (Å²) in [5.41, 5.74) is 4.46. The molecule has 1 fully saturated rings. The van der Waals surface area contributed by atoms with Gasteiger partial charge in [-0.15, -0.1) is 0 Å². The van der Waals surface area contributed by atoms with Crippen LogP contribution >= 0.6 is 0 Å². The number of hydrogen-bond acceptors (Lipinski definition) is 5. The van der Waals surface area contributed by atoms with E-state index in [-0.39, 0.29) is 5.91 Å². The van der Waals surface area contributed by atoms with Crippen LogP contribution in [0.3, 0.4) is 0 Å². The molecular weight excluding hydrogens is 378 g/mol. The Hall–Kier alpha value is -2.96. The molecule has 6 heteroatoms. The number of morpholine rings is 1. The molecule has 2 aromatic carbocycles. The molecule has 1 aliphatic heterocycles. The summed E-state index contributed by atoms with van der Waals surface area (Å²) in [6, 6.07) is 16.0. The van der Waals surface area contributed by atoms with Crippen molar-refractivity contribution in [1.82, 2.24) is 15.2 Å². The van der Waals surface area contributed by atoms with Crippen molar-refractivity contribution in [2.45, 2.75) is 20.0 Å². The van der Waals surface area contributed by atoms with E-state index in [0.29, 0.717) is 17.8 Å². The number of methoxy groups -OCH3 is 1. The molecule has 0 atom stereocenters. The minimum atomic E-state index is -0.115. The maximum atomic E-state index is 12.8. The molecule has 0 saturated carbocycles. The van der Waals surface area contributed by atoms with Crippen molar-refractivity contribution in [3.8, 4) is 5.75 Å². The number of ether oxygens (including phenoxy) is 2. The second kappa shape index (κ2) is 9.24. The molecule has 0 aliphatic carbocycles. The van der Waals surface area contributed by atoms with Crippen molar-refractivity contribution in [3.05, 3.63) is 70.9 Å². The van der Waals surface area contributed by atoms with Crippen molar-refractivity contribution in [3.63, 3.8) is 0 Å². The average molecular weight is 405 g/mol. The van der Waals surface area contributed by atoms with Crippen molar-refractivity contribution in [2.75, 3.05) is 33.4 Å². The summed E-state index contributed by atoms with van der Waals surface area (Å²) < 4.78 is 10.7. The van der Waals surface area contributed by atoms with Crippen LogP contribution in [0.1, 0.15) is 27.2 Å². The first-order chi connectivity index (χ1) is 14.6. The molecule has 30 heavy (non-hydrogen) atoms. The van der Waals surface area contributed by atoms with Gasteiger partial charge in [0.25, 0.3) is 5.91 Å². The molecule has 0 bridgehead atoms. The number of carbonyl (C=O) groups is 1. The van der Waals surface area contributed by atoms with Gasteiger partial charge in [0.1, 0.15) is 5.75 Å². The highest BCUT2D eigenvalue weighted by molar-refractivity contribution is 5.98. The number of fused-ring (bicyclic) bond motifs is 1. The highest BCUT2D eigenvalue weighted by Crippen LogP contribution is 2.22. The first-order valence-corrected chi connectivity index (χ1v) is 10.2. The molecule has 3 aromatic rings. The number of nitrogens with zero attached hydrogens (tertiary/aromatic N) is 2. The van der Waals surface area contributed by atoms with Gasteiger partial charge in [0.2, 0.25) is 0 Å². The van der Waals surface area contributed by atoms with Gasteiger partial charge in [0, 0.05) is 37.6 Å². The number of benzene rings is 2. The van der Waals surface area contributed by atoms with Crippen molar-refractivity contribution in [1.29, 1.82) is 0 Å². The minimum absolute atomic E-state index is 0.115. The van der Waals surface area contributed by atoms with E-state index in [1.807, 2.05) is 43.3 Å². The van der Waals surface area contributed by atoms with Gasteiger partial charge in [-0.2, -0.15) is 0 Å². The second-order valence-electron chi connectivity index (χ2n) is 7.57. The van der Waals surface area contributed by atoms with E-state index in [9.17, 15) is 4.79 Å². The summed E-state index contributed by atoms with van der Waals surface area (Å²) in [7, 11) is 1.63. The molecule has 6 nitrogen and oxygen atoms in total. The average Bonchev–Trinajstić information content (AvgIpc) is 2.77. The fraction of sp³-hybridized carbons (Fsp3) is 0.333. The minimum Gasteiger partial charge on any atom is -0.497 e. The highest BCUT2D eigenvalue weighted by atomic mass is 16.5. The van der Waals surface area contributed by atoms with Crippen LogP contribution in [0, 0.1) is 6.92 Å². The van der Waals surface area contributed by atoms with E-state index in [4.69, 9.17) is 9.47 Å². The standard InChI is InChI=1S/C24H27N3O3/c1-17-22(13-20-6-7-21(29-2)14-23(20)26-17)24(28)25-15-18-4-3-5-19(12-18)16-27-8-10-30-11-9-27/h3-7,12-14H,8-11,15-16H2,1-2H3,(H,25,28). The van der Waals surface area contributed by atoms with Crippen LogP contribution < -0.4 is 10.1 Å². The van der Waals surface area contributed by atoms with E-state index in [0.717, 1.165) is 55.1 Å². The van der Waals surface area contributed by atoms with Gasteiger partial charge < -0.3 is 14.8 Å². The maximum absolute atomic E-state index is 12.8. The molecule has 0 unspecified atom stereocenters. The van der Waals surface area contributed by atoms with Crippen molar-refractivity contribution in [2.24, 2.45) is 0 Å². The van der Waals surface area contributed by atoms with Crippen LogP contribution in [0.15, 0.2) is 48.5 Å². The molecular formula is C24H27N3O3. The van der Waals surface area contributed by atoms with E-state index in [2.05, 4.69) is 27.3 Å². The third kappa shape index (κ3) is 4.78. The molecule has 1 N–H and O–H groups in total. The van der Waals surface area contributed by atoms with Gasteiger partial charge in [0.05, 0.1) is 37.1 Å². The largest absolute Gasteiger partial charge is 0.497 e. The number of aryl methyl sites for hydroxylation is 1. The fourth-order valence-corrected chi connectivity index (χ4v) is 3.73. The number of pyridine rings is 1. The number of rotatable bonds is 6. The lowest BCUT2D eigenvalue weighted by molar-refractivity contribution is 0.0342. The first-order valence-electron chi connectivity index (χ1n) is 10.2. The molecule has 156 valence electrons. The Morgan fingerprint density at radius 1 is 1.13 bits per heavy atom. The highest BCUT2D eigenvalue weighted by Gasteiger charge is 2.13. The lowest BCUT2D eigenvalue weighted by Gasteiger charge is -2.26. The van der Waals surface area contributed by atoms with Crippen molar-refractivity contribution >= 4 is 16.8 Å².